The van der Waals surface area contributed by atoms with Crippen LogP contribution in [0.4, 0.5) is 39.4 Å². The minimum absolute atomic E-state index is 0.380. The second-order valence-corrected chi connectivity index (χ2v) is 16.3. The molecule has 0 saturated carbocycles. The number of nitrogens with zero attached hydrogens (tertiary/aromatic N) is 10. The molecule has 2 saturated heterocycles. The Balaban J connectivity index is 0.000000140. The summed E-state index contributed by atoms with van der Waals surface area (Å²) in [6, 6.07) is 38.5. The van der Waals surface area contributed by atoms with Crippen LogP contribution in [-0.4, -0.2) is 108 Å². The van der Waals surface area contributed by atoms with E-state index in [4.69, 9.17) is 30.9 Å². The second-order valence-electron chi connectivity index (χ2n) is 16.3. The highest BCUT2D eigenvalue weighted by molar-refractivity contribution is 5.99. The number of anilines is 6. The summed E-state index contributed by atoms with van der Waals surface area (Å²) in [6.45, 7) is 6.54. The number of morpholine rings is 2. The Morgan fingerprint density at radius 2 is 1.07 bits per heavy atom. The van der Waals surface area contributed by atoms with Crippen molar-refractivity contribution in [3.8, 4) is 45.0 Å². The highest BCUT2D eigenvalue weighted by atomic mass is 16.5. The molecule has 12 rings (SSSR count). The van der Waals surface area contributed by atoms with Gasteiger partial charge in [0.15, 0.2) is 5.82 Å². The molecule has 2 aromatic carbocycles. The zero-order valence-electron chi connectivity index (χ0n) is 38.0. The van der Waals surface area contributed by atoms with E-state index in [0.29, 0.717) is 17.3 Å². The molecule has 19 nitrogen and oxygen atoms in total. The lowest BCUT2D eigenvalue weighted by atomic mass is 10.1. The monoisotopic (exact) mass is 934 g/mol. The predicted octanol–water partition coefficient (Wildman–Crippen LogP) is 7.74. The van der Waals surface area contributed by atoms with Gasteiger partial charge < -0.3 is 36.1 Å². The maximum atomic E-state index is 12.5. The number of aromatic nitrogens is 10. The Morgan fingerprint density at radius 3 is 1.57 bits per heavy atom. The number of rotatable bonds is 8. The summed E-state index contributed by atoms with van der Waals surface area (Å²) in [6.07, 6.45) is 11.1. The summed E-state index contributed by atoms with van der Waals surface area (Å²) in [5.41, 5.74) is 21.9. The molecule has 8 N–H and O–H groups in total. The summed E-state index contributed by atoms with van der Waals surface area (Å²) < 4.78 is 15.2. The van der Waals surface area contributed by atoms with E-state index in [1.165, 1.54) is 0 Å². The zero-order chi connectivity index (χ0) is 47.7. The van der Waals surface area contributed by atoms with Crippen molar-refractivity contribution in [1.29, 1.82) is 0 Å². The Morgan fingerprint density at radius 1 is 0.557 bits per heavy atom. The van der Waals surface area contributed by atoms with Gasteiger partial charge >= 0.3 is 6.03 Å². The summed E-state index contributed by atoms with van der Waals surface area (Å²) in [5, 5.41) is 19.2. The molecule has 0 aliphatic carbocycles. The van der Waals surface area contributed by atoms with Gasteiger partial charge in [-0.25, -0.2) is 14.8 Å². The maximum absolute atomic E-state index is 12.5. The van der Waals surface area contributed by atoms with Gasteiger partial charge in [-0.05, 0) is 72.8 Å². The van der Waals surface area contributed by atoms with Crippen LogP contribution in [0.1, 0.15) is 0 Å². The fourth-order valence-electron chi connectivity index (χ4n) is 8.09. The molecule has 0 spiro atoms. The summed E-state index contributed by atoms with van der Waals surface area (Å²) in [5.74, 6) is 3.18. The van der Waals surface area contributed by atoms with E-state index >= 15 is 0 Å². The number of benzene rings is 2. The average Bonchev–Trinajstić information content (AvgIpc) is 4.25. The number of urea groups is 1. The number of fused-ring (bicyclic) bond motifs is 2. The Labute approximate surface area is 402 Å². The fourth-order valence-corrected chi connectivity index (χ4v) is 8.09. The molecule has 0 radical (unpaired) electrons. The smallest absolute Gasteiger partial charge is 0.324 e. The van der Waals surface area contributed by atoms with Crippen LogP contribution in [0.2, 0.25) is 0 Å². The molecule has 8 aromatic heterocycles. The minimum Gasteiger partial charge on any atom is -0.399 e. The molecule has 352 valence electrons. The largest absolute Gasteiger partial charge is 0.399 e. The average molecular weight is 935 g/mol. The van der Waals surface area contributed by atoms with Crippen LogP contribution in [0.5, 0.6) is 0 Å². The van der Waals surface area contributed by atoms with Gasteiger partial charge in [-0.15, -0.1) is 0 Å². The zero-order valence-corrected chi connectivity index (χ0v) is 38.0. The number of carbonyl (C=O) groups excluding carboxylic acids is 1. The Bertz CT molecular complexity index is 3290. The lowest BCUT2D eigenvalue weighted by Gasteiger charge is -2.29. The third kappa shape index (κ3) is 10.5. The molecule has 10 heterocycles. The molecule has 0 unspecified atom stereocenters. The number of hydrogen-bond donors (Lipinski definition) is 6. The minimum atomic E-state index is -0.380. The molecule has 2 aliphatic heterocycles. The van der Waals surface area contributed by atoms with Gasteiger partial charge in [0.2, 0.25) is 0 Å². The van der Waals surface area contributed by atoms with Crippen molar-refractivity contribution < 1.29 is 14.3 Å². The number of nitrogen functional groups attached to an aromatic ring is 2. The maximum Gasteiger partial charge on any atom is 0.324 e. The standard InChI is InChI=1S/C26H24N8O2.C17H18N4O.C8H8N4/c35-26(30-23-15-21(31-32-23)19-3-2-10-27-16-19)28-20-8-6-18(7-9-20)22-17-34-24(29-22)4-1-5-25(34)33-11-13-36-14-12-33;18-14-6-4-13(5-7-14)15-12-21-16(19-15)2-1-3-17(21)20-8-10-22-11-9-20;9-8-4-7(11-12-8)6-2-1-3-10-5-6/h1-10,15-17H,11-14H2,(H3,28,30,31,32,35);1-7,12H,8-11,18H2;1-5H,(H3,9,11,12). The van der Waals surface area contributed by atoms with Gasteiger partial charge in [0.1, 0.15) is 28.7 Å². The van der Waals surface area contributed by atoms with Crippen LogP contribution >= 0.6 is 0 Å². The van der Waals surface area contributed by atoms with Gasteiger partial charge in [0.05, 0.1) is 49.2 Å². The highest BCUT2D eigenvalue weighted by Gasteiger charge is 2.17. The molecule has 0 atom stereocenters. The van der Waals surface area contributed by atoms with E-state index in [2.05, 4.69) is 84.0 Å². The number of H-pyrrole nitrogens is 2. The van der Waals surface area contributed by atoms with Crippen LogP contribution < -0.4 is 31.9 Å². The van der Waals surface area contributed by atoms with Gasteiger partial charge in [-0.1, -0.05) is 36.4 Å². The van der Waals surface area contributed by atoms with Gasteiger partial charge in [0.25, 0.3) is 0 Å². The van der Waals surface area contributed by atoms with Crippen molar-refractivity contribution in [1.82, 2.24) is 49.1 Å². The SMILES string of the molecule is Nc1cc(-c2cccnc2)[nH]n1.Nc1ccc(-c2cn3c(N4CCOCC4)cccc3n2)cc1.O=C(Nc1ccc(-c2cn3c(N4CCOCC4)cccc3n2)cc1)Nc1cc(-c2cccnc2)[nH]n1. The van der Waals surface area contributed by atoms with Crippen molar-refractivity contribution in [2.45, 2.75) is 0 Å². The van der Waals surface area contributed by atoms with Crippen molar-refractivity contribution in [2.24, 2.45) is 0 Å². The number of amides is 2. The van der Waals surface area contributed by atoms with Crippen LogP contribution in [0.3, 0.4) is 0 Å². The van der Waals surface area contributed by atoms with Gasteiger partial charge in [-0.3, -0.25) is 34.3 Å². The van der Waals surface area contributed by atoms with E-state index < -0.39 is 0 Å². The fraction of sp³-hybridized carbons (Fsp3) is 0.157. The van der Waals surface area contributed by atoms with E-state index in [-0.39, 0.29) is 6.03 Å². The first kappa shape index (κ1) is 44.7. The van der Waals surface area contributed by atoms with Crippen molar-refractivity contribution >= 4 is 52.0 Å². The van der Waals surface area contributed by atoms with Crippen molar-refractivity contribution in [3.05, 3.63) is 159 Å². The third-order valence-corrected chi connectivity index (χ3v) is 11.6. The number of carbonyl (C=O) groups is 1. The molecule has 19 heteroatoms. The summed E-state index contributed by atoms with van der Waals surface area (Å²) >= 11 is 0. The Kier molecular flexibility index (Phi) is 13.3. The number of aromatic amines is 2. The highest BCUT2D eigenvalue weighted by Crippen LogP contribution is 2.27. The quantitative estimate of drug-likeness (QED) is 0.0801. The molecule has 2 fully saturated rings. The predicted molar refractivity (Wildman–Crippen MR) is 272 cm³/mol. The number of pyridine rings is 4. The van der Waals surface area contributed by atoms with Gasteiger partial charge in [-0.2, -0.15) is 10.2 Å². The van der Waals surface area contributed by atoms with Crippen LogP contribution in [0.25, 0.3) is 56.3 Å². The Hall–Kier alpha value is -9.07. The van der Waals surface area contributed by atoms with Crippen LogP contribution in [-0.2, 0) is 9.47 Å². The van der Waals surface area contributed by atoms with E-state index in [1.807, 2.05) is 97.2 Å². The van der Waals surface area contributed by atoms with Crippen molar-refractivity contribution in [3.63, 3.8) is 0 Å². The normalized spacial score (nSPS) is 13.5. The van der Waals surface area contributed by atoms with E-state index in [9.17, 15) is 4.79 Å². The van der Waals surface area contributed by atoms with Crippen LogP contribution in [0.15, 0.2) is 159 Å². The van der Waals surface area contributed by atoms with E-state index in [0.717, 1.165) is 126 Å². The second kappa shape index (κ2) is 20.8. The first-order chi connectivity index (χ1) is 34.4. The molecule has 2 aliphatic rings. The molecule has 0 bridgehead atoms. The number of imidazole rings is 2. The lowest BCUT2D eigenvalue weighted by molar-refractivity contribution is 0.122. The molecular formula is C51H50N16O3. The molecule has 70 heavy (non-hydrogen) atoms. The lowest BCUT2D eigenvalue weighted by Crippen LogP contribution is -2.37. The molecule has 10 aromatic rings. The number of nitrogens with two attached hydrogens (primary N) is 2. The number of nitrogens with one attached hydrogen (secondary N) is 4. The van der Waals surface area contributed by atoms with Crippen molar-refractivity contribution in [2.75, 3.05) is 84.5 Å². The first-order valence-corrected chi connectivity index (χ1v) is 22.7. The number of hydrogen-bond acceptors (Lipinski definition) is 13. The molecule has 2 amide bonds. The van der Waals surface area contributed by atoms with E-state index in [1.54, 1.807) is 36.9 Å². The first-order valence-electron chi connectivity index (χ1n) is 22.7. The summed E-state index contributed by atoms with van der Waals surface area (Å²) in [7, 11) is 0. The molecular weight excluding hydrogens is 885 g/mol. The van der Waals surface area contributed by atoms with Crippen LogP contribution in [0, 0.1) is 0 Å². The number of ether oxygens (including phenoxy) is 2. The summed E-state index contributed by atoms with van der Waals surface area (Å²) in [4.78, 5) is 34.7. The third-order valence-electron chi connectivity index (χ3n) is 11.6. The van der Waals surface area contributed by atoms with Gasteiger partial charge in [0, 0.05) is 109 Å². The topological polar surface area (TPSA) is 236 Å².